The zero-order valence-corrected chi connectivity index (χ0v) is 18.4. The van der Waals surface area contributed by atoms with Crippen LogP contribution in [-0.4, -0.2) is 35.3 Å². The summed E-state index contributed by atoms with van der Waals surface area (Å²) in [7, 11) is 0. The molecule has 156 valence electrons. The van der Waals surface area contributed by atoms with E-state index < -0.39 is 0 Å². The molecule has 0 spiro atoms. The highest BCUT2D eigenvalue weighted by Crippen LogP contribution is 2.29. The van der Waals surface area contributed by atoms with Gasteiger partial charge in [0, 0.05) is 23.9 Å². The van der Waals surface area contributed by atoms with Crippen LogP contribution in [0.25, 0.3) is 0 Å². The van der Waals surface area contributed by atoms with E-state index >= 15 is 0 Å². The van der Waals surface area contributed by atoms with E-state index in [1.165, 1.54) is 22.9 Å². The number of phenolic OH excluding ortho intramolecular Hbond substituents is 1. The predicted octanol–water partition coefficient (Wildman–Crippen LogP) is 5.73. The highest BCUT2D eigenvalue weighted by atomic mass is 32.2. The molecule has 0 aliphatic carbocycles. The van der Waals surface area contributed by atoms with Crippen molar-refractivity contribution in [1.29, 1.82) is 0 Å². The minimum Gasteiger partial charge on any atom is -0.507 e. The second-order valence-electron chi connectivity index (χ2n) is 7.32. The lowest BCUT2D eigenvalue weighted by molar-refractivity contribution is -0.130. The van der Waals surface area contributed by atoms with Crippen LogP contribution in [0.3, 0.4) is 0 Å². The molecule has 4 heteroatoms. The summed E-state index contributed by atoms with van der Waals surface area (Å²) in [5, 5.41) is 9.87. The lowest BCUT2D eigenvalue weighted by Crippen LogP contribution is -2.33. The van der Waals surface area contributed by atoms with Crippen molar-refractivity contribution in [3.05, 3.63) is 95.6 Å². The van der Waals surface area contributed by atoms with Gasteiger partial charge in [-0.25, -0.2) is 0 Å². The number of thioether (sulfide) groups is 1. The highest BCUT2D eigenvalue weighted by molar-refractivity contribution is 7.98. The fraction of sp³-hybridized carbons (Fsp3) is 0.269. The number of phenols is 1. The van der Waals surface area contributed by atoms with Crippen molar-refractivity contribution < 1.29 is 9.90 Å². The molecule has 0 heterocycles. The maximum atomic E-state index is 13.0. The molecule has 3 aromatic carbocycles. The number of amides is 1. The van der Waals surface area contributed by atoms with E-state index in [-0.39, 0.29) is 17.6 Å². The second kappa shape index (κ2) is 10.9. The summed E-state index contributed by atoms with van der Waals surface area (Å²) in [6.45, 7) is 3.42. The van der Waals surface area contributed by atoms with E-state index in [9.17, 15) is 9.90 Å². The number of hydrogen-bond donors (Lipinski definition) is 1. The van der Waals surface area contributed by atoms with E-state index in [4.69, 9.17) is 0 Å². The smallest absolute Gasteiger partial charge is 0.226 e. The van der Waals surface area contributed by atoms with Crippen LogP contribution in [-0.2, 0) is 11.2 Å². The molecule has 0 atom stereocenters. The first-order valence-electron chi connectivity index (χ1n) is 10.4. The summed E-state index contributed by atoms with van der Waals surface area (Å²) in [6, 6.07) is 26.4. The van der Waals surface area contributed by atoms with Crippen LogP contribution in [0, 0.1) is 0 Å². The minimum atomic E-state index is 0.120. The van der Waals surface area contributed by atoms with Gasteiger partial charge in [0.15, 0.2) is 0 Å². The lowest BCUT2D eigenvalue weighted by Gasteiger charge is -2.25. The van der Waals surface area contributed by atoms with E-state index in [0.717, 1.165) is 16.9 Å². The van der Waals surface area contributed by atoms with Gasteiger partial charge in [0.25, 0.3) is 0 Å². The highest BCUT2D eigenvalue weighted by Gasteiger charge is 2.18. The Morgan fingerprint density at radius 2 is 1.57 bits per heavy atom. The number of rotatable bonds is 9. The van der Waals surface area contributed by atoms with Gasteiger partial charge in [-0.1, -0.05) is 66.7 Å². The van der Waals surface area contributed by atoms with Crippen LogP contribution in [0.15, 0.2) is 83.8 Å². The van der Waals surface area contributed by atoms with Crippen molar-refractivity contribution in [2.75, 3.05) is 19.3 Å². The van der Waals surface area contributed by atoms with E-state index in [0.29, 0.717) is 19.5 Å². The fourth-order valence-corrected chi connectivity index (χ4v) is 4.31. The Kier molecular flexibility index (Phi) is 7.97. The summed E-state index contributed by atoms with van der Waals surface area (Å²) >= 11 is 1.49. The molecule has 3 rings (SSSR count). The van der Waals surface area contributed by atoms with Crippen molar-refractivity contribution in [1.82, 2.24) is 4.90 Å². The first-order chi connectivity index (χ1) is 14.6. The molecule has 3 aromatic rings. The molecule has 0 radical (unpaired) electrons. The average molecular weight is 420 g/mol. The van der Waals surface area contributed by atoms with E-state index in [2.05, 4.69) is 48.5 Å². The normalized spacial score (nSPS) is 10.9. The number of carbonyl (C=O) groups is 1. The topological polar surface area (TPSA) is 40.5 Å². The zero-order valence-electron chi connectivity index (χ0n) is 17.6. The summed E-state index contributed by atoms with van der Waals surface area (Å²) in [5.74, 6) is 0.640. The van der Waals surface area contributed by atoms with Gasteiger partial charge < -0.3 is 10.0 Å². The van der Waals surface area contributed by atoms with Gasteiger partial charge in [-0.05, 0) is 48.4 Å². The molecule has 1 N–H and O–H groups in total. The SMILES string of the molecule is CCN(CCC(c1ccccc1)c1ccccc1)C(=O)Cc1ccc(O)c(SC)c1. The average Bonchev–Trinajstić information content (AvgIpc) is 2.79. The molecule has 0 aromatic heterocycles. The Morgan fingerprint density at radius 1 is 0.967 bits per heavy atom. The summed E-state index contributed by atoms with van der Waals surface area (Å²) in [4.78, 5) is 15.7. The van der Waals surface area contributed by atoms with Crippen molar-refractivity contribution in [3.8, 4) is 5.75 Å². The standard InChI is InChI=1S/C26H29NO2S/c1-3-27(26(29)19-20-14-15-24(28)25(18-20)30-2)17-16-23(21-10-6-4-7-11-21)22-12-8-5-9-13-22/h4-15,18,23,28H,3,16-17,19H2,1-2H3. The molecule has 0 unspecified atom stereocenters. The maximum absolute atomic E-state index is 13.0. The molecule has 0 aliphatic heterocycles. The second-order valence-corrected chi connectivity index (χ2v) is 8.17. The van der Waals surface area contributed by atoms with Crippen molar-refractivity contribution in [3.63, 3.8) is 0 Å². The molecule has 1 amide bonds. The van der Waals surface area contributed by atoms with Crippen LogP contribution in [0.1, 0.15) is 36.0 Å². The molecule has 0 saturated carbocycles. The van der Waals surface area contributed by atoms with Crippen LogP contribution in [0.5, 0.6) is 5.75 Å². The molecular weight excluding hydrogens is 390 g/mol. The van der Waals surface area contributed by atoms with Gasteiger partial charge in [0.2, 0.25) is 5.91 Å². The summed E-state index contributed by atoms with van der Waals surface area (Å²) in [6.07, 6.45) is 3.15. The molecule has 0 saturated heterocycles. The van der Waals surface area contributed by atoms with Gasteiger partial charge in [-0.2, -0.15) is 0 Å². The first-order valence-corrected chi connectivity index (χ1v) is 11.6. The lowest BCUT2D eigenvalue weighted by atomic mass is 9.88. The van der Waals surface area contributed by atoms with Crippen molar-refractivity contribution in [2.24, 2.45) is 0 Å². The Hall–Kier alpha value is -2.72. The maximum Gasteiger partial charge on any atom is 0.226 e. The molecule has 30 heavy (non-hydrogen) atoms. The number of hydrogen-bond acceptors (Lipinski definition) is 3. The molecule has 0 bridgehead atoms. The molecule has 0 aliphatic rings. The van der Waals surface area contributed by atoms with Crippen LogP contribution in [0.2, 0.25) is 0 Å². The Morgan fingerprint density at radius 3 is 2.10 bits per heavy atom. The number of carbonyl (C=O) groups excluding carboxylic acids is 1. The third-order valence-corrected chi connectivity index (χ3v) is 6.19. The Labute approximate surface area is 183 Å². The zero-order chi connectivity index (χ0) is 21.3. The Balaban J connectivity index is 1.71. The van der Waals surface area contributed by atoms with Gasteiger partial charge in [0.1, 0.15) is 5.75 Å². The monoisotopic (exact) mass is 419 g/mol. The quantitative estimate of drug-likeness (QED) is 0.451. The third kappa shape index (κ3) is 5.67. The van der Waals surface area contributed by atoms with Gasteiger partial charge in [0.05, 0.1) is 6.42 Å². The predicted molar refractivity (Wildman–Crippen MR) is 125 cm³/mol. The molecule has 3 nitrogen and oxygen atoms in total. The van der Waals surface area contributed by atoms with E-state index in [1.54, 1.807) is 6.07 Å². The number of aromatic hydroxyl groups is 1. The number of likely N-dealkylation sites (N-methyl/N-ethyl adjacent to an activating group) is 1. The van der Waals surface area contributed by atoms with Crippen LogP contribution >= 0.6 is 11.8 Å². The fourth-order valence-electron chi connectivity index (χ4n) is 3.76. The van der Waals surface area contributed by atoms with Crippen LogP contribution < -0.4 is 0 Å². The van der Waals surface area contributed by atoms with Gasteiger partial charge in [-0.15, -0.1) is 11.8 Å². The largest absolute Gasteiger partial charge is 0.507 e. The van der Waals surface area contributed by atoms with Gasteiger partial charge >= 0.3 is 0 Å². The van der Waals surface area contributed by atoms with Crippen LogP contribution in [0.4, 0.5) is 0 Å². The third-order valence-electron chi connectivity index (χ3n) is 5.43. The summed E-state index contributed by atoms with van der Waals surface area (Å²) < 4.78 is 0. The minimum absolute atomic E-state index is 0.120. The van der Waals surface area contributed by atoms with Gasteiger partial charge in [-0.3, -0.25) is 4.79 Å². The Bertz CT molecular complexity index is 904. The first kappa shape index (κ1) is 22.0. The number of benzene rings is 3. The molecular formula is C26H29NO2S. The van der Waals surface area contributed by atoms with E-state index in [1.807, 2.05) is 42.3 Å². The number of nitrogens with zero attached hydrogens (tertiary/aromatic N) is 1. The van der Waals surface area contributed by atoms with Crippen molar-refractivity contribution >= 4 is 17.7 Å². The summed E-state index contributed by atoms with van der Waals surface area (Å²) in [5.41, 5.74) is 3.48. The van der Waals surface area contributed by atoms with Crippen molar-refractivity contribution in [2.45, 2.75) is 30.6 Å². The molecule has 0 fully saturated rings.